The van der Waals surface area contributed by atoms with Gasteiger partial charge in [-0.25, -0.2) is 0 Å². The maximum atomic E-state index is 11.9. The molecule has 0 saturated heterocycles. The normalized spacial score (nSPS) is 23.1. The molecule has 0 aliphatic carbocycles. The maximum absolute atomic E-state index is 11.9. The van der Waals surface area contributed by atoms with Crippen LogP contribution < -0.4 is 5.32 Å². The molecule has 0 bridgehead atoms. The average molecular weight is 196 g/mol. The number of hydrogen-bond donors (Lipinski definition) is 1. The highest BCUT2D eigenvalue weighted by molar-refractivity contribution is 5.96. The third-order valence-corrected chi connectivity index (χ3v) is 2.45. The van der Waals surface area contributed by atoms with Crippen molar-refractivity contribution >= 4 is 5.91 Å². The van der Waals surface area contributed by atoms with E-state index < -0.39 is 0 Å². The van der Waals surface area contributed by atoms with Gasteiger partial charge >= 0.3 is 0 Å². The monoisotopic (exact) mass is 196 g/mol. The molecule has 0 aromatic carbocycles. The van der Waals surface area contributed by atoms with Crippen LogP contribution in [0.3, 0.4) is 0 Å². The van der Waals surface area contributed by atoms with E-state index in [0.29, 0.717) is 0 Å². The minimum atomic E-state index is -0.231. The zero-order valence-corrected chi connectivity index (χ0v) is 9.93. The zero-order valence-electron chi connectivity index (χ0n) is 9.93. The van der Waals surface area contributed by atoms with Crippen molar-refractivity contribution in [1.82, 2.24) is 10.2 Å². The highest BCUT2D eigenvalue weighted by Gasteiger charge is 2.40. The molecule has 14 heavy (non-hydrogen) atoms. The summed E-state index contributed by atoms with van der Waals surface area (Å²) in [7, 11) is 3.56. The predicted octanol–water partition coefficient (Wildman–Crippen LogP) is 1.16. The number of rotatable bonds is 1. The number of carbonyl (C=O) groups is 1. The molecule has 0 saturated carbocycles. The molecular formula is C11H20N2O. The molecule has 1 rings (SSSR count). The lowest BCUT2D eigenvalue weighted by Gasteiger charge is -2.28. The van der Waals surface area contributed by atoms with Crippen molar-refractivity contribution in [3.8, 4) is 0 Å². The first-order valence-corrected chi connectivity index (χ1v) is 4.90. The van der Waals surface area contributed by atoms with Gasteiger partial charge in [-0.15, -0.1) is 0 Å². The molecule has 1 N–H and O–H groups in total. The Balaban J connectivity index is 3.03. The van der Waals surface area contributed by atoms with Crippen LogP contribution in [0.25, 0.3) is 0 Å². The molecule has 0 radical (unpaired) electrons. The van der Waals surface area contributed by atoms with Gasteiger partial charge in [-0.2, -0.15) is 0 Å². The second kappa shape index (κ2) is 3.09. The molecule has 80 valence electrons. The van der Waals surface area contributed by atoms with Gasteiger partial charge in [0.2, 0.25) is 0 Å². The van der Waals surface area contributed by atoms with Gasteiger partial charge in [-0.1, -0.05) is 6.08 Å². The average Bonchev–Trinajstić information content (AvgIpc) is 2.17. The van der Waals surface area contributed by atoms with E-state index in [9.17, 15) is 4.79 Å². The van der Waals surface area contributed by atoms with E-state index in [1.54, 1.807) is 19.0 Å². The topological polar surface area (TPSA) is 32.3 Å². The van der Waals surface area contributed by atoms with Crippen LogP contribution in [0.1, 0.15) is 27.7 Å². The van der Waals surface area contributed by atoms with Gasteiger partial charge < -0.3 is 4.90 Å². The Labute approximate surface area is 86.2 Å². The van der Waals surface area contributed by atoms with E-state index in [1.807, 2.05) is 19.9 Å². The lowest BCUT2D eigenvalue weighted by Crippen LogP contribution is -2.47. The molecule has 0 fully saturated rings. The zero-order chi connectivity index (χ0) is 11.1. The molecule has 0 aromatic heterocycles. The summed E-state index contributed by atoms with van der Waals surface area (Å²) >= 11 is 0. The summed E-state index contributed by atoms with van der Waals surface area (Å²) in [5.74, 6) is 0.0908. The van der Waals surface area contributed by atoms with Crippen LogP contribution in [0.15, 0.2) is 11.6 Å². The standard InChI is InChI=1S/C11H20N2O/c1-10(2)7-8(9(14)13(5)6)11(3,4)12-10/h7,12H,1-6H3. The number of carbonyl (C=O) groups excluding carboxylic acids is 1. The lowest BCUT2D eigenvalue weighted by molar-refractivity contribution is -0.125. The number of nitrogens with one attached hydrogen (secondary N) is 1. The van der Waals surface area contributed by atoms with Crippen LogP contribution in [-0.4, -0.2) is 36.0 Å². The Bertz CT molecular complexity index is 288. The van der Waals surface area contributed by atoms with Gasteiger partial charge in [-0.05, 0) is 27.7 Å². The fraction of sp³-hybridized carbons (Fsp3) is 0.727. The van der Waals surface area contributed by atoms with E-state index in [2.05, 4.69) is 19.2 Å². The minimum absolute atomic E-state index is 0.0908. The van der Waals surface area contributed by atoms with Crippen molar-refractivity contribution in [2.24, 2.45) is 0 Å². The van der Waals surface area contributed by atoms with Crippen LogP contribution in [0.4, 0.5) is 0 Å². The predicted molar refractivity (Wildman–Crippen MR) is 58.1 cm³/mol. The smallest absolute Gasteiger partial charge is 0.250 e. The van der Waals surface area contributed by atoms with Crippen LogP contribution >= 0.6 is 0 Å². The van der Waals surface area contributed by atoms with E-state index >= 15 is 0 Å². The Morgan fingerprint density at radius 1 is 1.29 bits per heavy atom. The number of nitrogens with zero attached hydrogens (tertiary/aromatic N) is 1. The molecular weight excluding hydrogens is 176 g/mol. The molecule has 3 nitrogen and oxygen atoms in total. The van der Waals surface area contributed by atoms with Crippen LogP contribution in [0.5, 0.6) is 0 Å². The second-order valence-electron chi connectivity index (χ2n) is 5.23. The second-order valence-corrected chi connectivity index (χ2v) is 5.23. The van der Waals surface area contributed by atoms with Crippen molar-refractivity contribution in [2.75, 3.05) is 14.1 Å². The van der Waals surface area contributed by atoms with Crippen molar-refractivity contribution in [3.63, 3.8) is 0 Å². The Morgan fingerprint density at radius 3 is 2.07 bits per heavy atom. The summed E-state index contributed by atoms with van der Waals surface area (Å²) < 4.78 is 0. The van der Waals surface area contributed by atoms with Gasteiger partial charge in [-0.3, -0.25) is 10.1 Å². The van der Waals surface area contributed by atoms with E-state index in [0.717, 1.165) is 5.57 Å². The molecule has 1 heterocycles. The van der Waals surface area contributed by atoms with Crippen molar-refractivity contribution < 1.29 is 4.79 Å². The first-order valence-electron chi connectivity index (χ1n) is 4.90. The van der Waals surface area contributed by atoms with Gasteiger partial charge in [0.1, 0.15) is 0 Å². The third-order valence-electron chi connectivity index (χ3n) is 2.45. The summed E-state index contributed by atoms with van der Waals surface area (Å²) in [4.78, 5) is 13.5. The molecule has 0 aromatic rings. The third kappa shape index (κ3) is 1.98. The quantitative estimate of drug-likeness (QED) is 0.682. The van der Waals surface area contributed by atoms with Crippen molar-refractivity contribution in [3.05, 3.63) is 11.6 Å². The summed E-state index contributed by atoms with van der Waals surface area (Å²) in [5, 5.41) is 3.42. The Morgan fingerprint density at radius 2 is 1.79 bits per heavy atom. The molecule has 3 heteroatoms. The molecule has 0 spiro atoms. The molecule has 1 aliphatic heterocycles. The largest absolute Gasteiger partial charge is 0.345 e. The highest BCUT2D eigenvalue weighted by Crippen LogP contribution is 2.30. The first kappa shape index (κ1) is 11.2. The van der Waals surface area contributed by atoms with Crippen LogP contribution in [0.2, 0.25) is 0 Å². The lowest BCUT2D eigenvalue weighted by atomic mass is 9.96. The van der Waals surface area contributed by atoms with Crippen molar-refractivity contribution in [1.29, 1.82) is 0 Å². The summed E-state index contributed by atoms with van der Waals surface area (Å²) in [6.07, 6.45) is 2.02. The summed E-state index contributed by atoms with van der Waals surface area (Å²) in [5.41, 5.74) is 0.530. The van der Waals surface area contributed by atoms with Gasteiger partial charge in [0.05, 0.1) is 0 Å². The number of likely N-dealkylation sites (N-methyl/N-ethyl adjacent to an activating group) is 1. The summed E-state index contributed by atoms with van der Waals surface area (Å²) in [6.45, 7) is 8.22. The Kier molecular flexibility index (Phi) is 2.48. The van der Waals surface area contributed by atoms with E-state index in [-0.39, 0.29) is 17.0 Å². The van der Waals surface area contributed by atoms with Crippen molar-refractivity contribution in [2.45, 2.75) is 38.8 Å². The van der Waals surface area contributed by atoms with E-state index in [1.165, 1.54) is 0 Å². The molecule has 1 amide bonds. The fourth-order valence-corrected chi connectivity index (χ4v) is 2.02. The maximum Gasteiger partial charge on any atom is 0.250 e. The fourth-order valence-electron chi connectivity index (χ4n) is 2.02. The van der Waals surface area contributed by atoms with Crippen LogP contribution in [0, 0.1) is 0 Å². The number of hydrogen-bond acceptors (Lipinski definition) is 2. The van der Waals surface area contributed by atoms with Gasteiger partial charge in [0, 0.05) is 30.7 Å². The first-order chi connectivity index (χ1) is 6.16. The van der Waals surface area contributed by atoms with Crippen LogP contribution in [-0.2, 0) is 4.79 Å². The summed E-state index contributed by atoms with van der Waals surface area (Å²) in [6, 6.07) is 0. The molecule has 0 atom stereocenters. The highest BCUT2D eigenvalue weighted by atomic mass is 16.2. The Hall–Kier alpha value is -0.830. The van der Waals surface area contributed by atoms with Gasteiger partial charge in [0.15, 0.2) is 0 Å². The van der Waals surface area contributed by atoms with E-state index in [4.69, 9.17) is 0 Å². The molecule has 0 unspecified atom stereocenters. The SMILES string of the molecule is CN(C)C(=O)C1=CC(C)(C)NC1(C)C. The minimum Gasteiger partial charge on any atom is -0.345 e. The van der Waals surface area contributed by atoms with Gasteiger partial charge in [0.25, 0.3) is 5.91 Å². The molecule has 1 aliphatic rings. The number of amides is 1.